The van der Waals surface area contributed by atoms with E-state index in [1.165, 1.54) is 0 Å². The molecule has 1 fully saturated rings. The van der Waals surface area contributed by atoms with Gasteiger partial charge in [0.15, 0.2) is 6.10 Å². The Hall–Kier alpha value is -1.59. The Morgan fingerprint density at radius 3 is 2.67 bits per heavy atom. The number of hydrogen-bond donors (Lipinski definition) is 0. The van der Waals surface area contributed by atoms with Gasteiger partial charge in [0.25, 0.3) is 0 Å². The Kier molecular flexibility index (Phi) is 7.06. The number of carbonyl (C=O) groups excluding carboxylic acids is 1. The van der Waals surface area contributed by atoms with Gasteiger partial charge in [0.1, 0.15) is 18.5 Å². The van der Waals surface area contributed by atoms with Gasteiger partial charge in [-0.25, -0.2) is 4.79 Å². The van der Waals surface area contributed by atoms with Gasteiger partial charge in [-0.05, 0) is 31.9 Å². The van der Waals surface area contributed by atoms with Crippen molar-refractivity contribution in [2.24, 2.45) is 5.92 Å². The average molecular weight is 335 g/mol. The summed E-state index contributed by atoms with van der Waals surface area (Å²) in [5, 5.41) is 0. The summed E-state index contributed by atoms with van der Waals surface area (Å²) in [5.74, 6) is 0.927. The minimum absolute atomic E-state index is 0.0620. The van der Waals surface area contributed by atoms with Gasteiger partial charge in [0, 0.05) is 19.6 Å². The molecule has 0 spiro atoms. The highest BCUT2D eigenvalue weighted by Crippen LogP contribution is 2.14. The fraction of sp³-hybridized carbons (Fsp3) is 0.632. The van der Waals surface area contributed by atoms with Crippen molar-refractivity contribution in [3.05, 3.63) is 29.8 Å². The number of esters is 1. The zero-order chi connectivity index (χ0) is 17.5. The number of rotatable bonds is 7. The third kappa shape index (κ3) is 6.13. The lowest BCUT2D eigenvalue weighted by Gasteiger charge is -2.33. The maximum atomic E-state index is 12.1. The van der Waals surface area contributed by atoms with Crippen LogP contribution in [-0.2, 0) is 14.3 Å². The van der Waals surface area contributed by atoms with E-state index in [-0.39, 0.29) is 18.7 Å². The van der Waals surface area contributed by atoms with Crippen LogP contribution in [0.5, 0.6) is 5.75 Å². The topological polar surface area (TPSA) is 48.0 Å². The molecule has 0 aromatic heterocycles. The van der Waals surface area contributed by atoms with E-state index in [0.29, 0.717) is 18.3 Å². The molecule has 0 aliphatic carbocycles. The van der Waals surface area contributed by atoms with Crippen molar-refractivity contribution in [3.8, 4) is 5.75 Å². The van der Waals surface area contributed by atoms with Crippen molar-refractivity contribution in [3.63, 3.8) is 0 Å². The maximum Gasteiger partial charge on any atom is 0.347 e. The predicted octanol–water partition coefficient (Wildman–Crippen LogP) is 2.66. The lowest BCUT2D eigenvalue weighted by atomic mass is 10.2. The van der Waals surface area contributed by atoms with E-state index in [2.05, 4.69) is 18.7 Å². The Bertz CT molecular complexity index is 515. The summed E-state index contributed by atoms with van der Waals surface area (Å²) < 4.78 is 16.7. The molecule has 134 valence electrons. The lowest BCUT2D eigenvalue weighted by Crippen LogP contribution is -2.46. The summed E-state index contributed by atoms with van der Waals surface area (Å²) in [6.45, 7) is 11.9. The van der Waals surface area contributed by atoms with Crippen LogP contribution in [0.15, 0.2) is 24.3 Å². The largest absolute Gasteiger partial charge is 0.479 e. The average Bonchev–Trinajstić information content (AvgIpc) is 2.54. The molecule has 0 radical (unpaired) electrons. The third-order valence-corrected chi connectivity index (χ3v) is 3.92. The fourth-order valence-electron chi connectivity index (χ4n) is 2.72. The standard InChI is InChI=1S/C19H29NO4/c1-14(2)11-20-9-10-22-18(12-20)13-23-19(21)16(4)24-17-7-5-15(3)6-8-17/h5-8,14,16,18H,9-13H2,1-4H3. The van der Waals surface area contributed by atoms with Gasteiger partial charge < -0.3 is 14.2 Å². The van der Waals surface area contributed by atoms with Crippen molar-refractivity contribution < 1.29 is 19.0 Å². The first-order valence-corrected chi connectivity index (χ1v) is 8.68. The van der Waals surface area contributed by atoms with Crippen LogP contribution < -0.4 is 4.74 Å². The van der Waals surface area contributed by atoms with Crippen LogP contribution in [0.2, 0.25) is 0 Å². The molecule has 1 aromatic carbocycles. The molecule has 1 aliphatic heterocycles. The first-order valence-electron chi connectivity index (χ1n) is 8.68. The quantitative estimate of drug-likeness (QED) is 0.717. The van der Waals surface area contributed by atoms with Gasteiger partial charge in [-0.15, -0.1) is 0 Å². The summed E-state index contributed by atoms with van der Waals surface area (Å²) in [6.07, 6.45) is -0.698. The van der Waals surface area contributed by atoms with E-state index >= 15 is 0 Å². The maximum absolute atomic E-state index is 12.1. The number of benzene rings is 1. The monoisotopic (exact) mass is 335 g/mol. The van der Waals surface area contributed by atoms with Gasteiger partial charge in [-0.3, -0.25) is 4.90 Å². The van der Waals surface area contributed by atoms with Crippen molar-refractivity contribution in [2.75, 3.05) is 32.8 Å². The first-order chi connectivity index (χ1) is 11.4. The summed E-state index contributed by atoms with van der Waals surface area (Å²) >= 11 is 0. The summed E-state index contributed by atoms with van der Waals surface area (Å²) in [5.41, 5.74) is 1.15. The molecule has 1 saturated heterocycles. The molecule has 5 nitrogen and oxygen atoms in total. The van der Waals surface area contributed by atoms with Gasteiger partial charge >= 0.3 is 5.97 Å². The number of nitrogens with zero attached hydrogens (tertiary/aromatic N) is 1. The second-order valence-electron chi connectivity index (χ2n) is 6.85. The molecule has 1 aliphatic rings. The SMILES string of the molecule is Cc1ccc(OC(C)C(=O)OCC2CN(CC(C)C)CCO2)cc1. The molecule has 24 heavy (non-hydrogen) atoms. The molecular formula is C19H29NO4. The number of carbonyl (C=O) groups is 1. The molecule has 0 amide bonds. The molecule has 0 saturated carbocycles. The highest BCUT2D eigenvalue weighted by Gasteiger charge is 2.24. The lowest BCUT2D eigenvalue weighted by molar-refractivity contribution is -0.157. The smallest absolute Gasteiger partial charge is 0.347 e. The molecule has 5 heteroatoms. The minimum atomic E-state index is -0.636. The van der Waals surface area contributed by atoms with Gasteiger partial charge in [-0.1, -0.05) is 31.5 Å². The summed E-state index contributed by atoms with van der Waals surface area (Å²) in [4.78, 5) is 14.5. The van der Waals surface area contributed by atoms with Crippen LogP contribution in [0.4, 0.5) is 0 Å². The second kappa shape index (κ2) is 9.04. The molecule has 1 aromatic rings. The highest BCUT2D eigenvalue weighted by molar-refractivity contribution is 5.74. The van der Waals surface area contributed by atoms with E-state index in [0.717, 1.165) is 25.2 Å². The zero-order valence-corrected chi connectivity index (χ0v) is 15.2. The van der Waals surface area contributed by atoms with E-state index < -0.39 is 6.10 Å². The number of ether oxygens (including phenoxy) is 3. The van der Waals surface area contributed by atoms with E-state index in [9.17, 15) is 4.79 Å². The molecule has 2 unspecified atom stereocenters. The minimum Gasteiger partial charge on any atom is -0.479 e. The van der Waals surface area contributed by atoms with Gasteiger partial charge in [0.05, 0.1) is 6.61 Å². The van der Waals surface area contributed by atoms with Crippen molar-refractivity contribution in [2.45, 2.75) is 39.9 Å². The molecule has 0 N–H and O–H groups in total. The first kappa shape index (κ1) is 18.7. The van der Waals surface area contributed by atoms with Crippen molar-refractivity contribution >= 4 is 5.97 Å². The predicted molar refractivity (Wildman–Crippen MR) is 93.2 cm³/mol. The Morgan fingerprint density at radius 2 is 2.00 bits per heavy atom. The van der Waals surface area contributed by atoms with Crippen molar-refractivity contribution in [1.82, 2.24) is 4.90 Å². The van der Waals surface area contributed by atoms with E-state index in [1.807, 2.05) is 31.2 Å². The number of hydrogen-bond acceptors (Lipinski definition) is 5. The highest BCUT2D eigenvalue weighted by atomic mass is 16.6. The molecule has 2 rings (SSSR count). The molecule has 2 atom stereocenters. The van der Waals surface area contributed by atoms with E-state index in [4.69, 9.17) is 14.2 Å². The Balaban J connectivity index is 1.74. The van der Waals surface area contributed by atoms with Crippen molar-refractivity contribution in [1.29, 1.82) is 0 Å². The normalized spacial score (nSPS) is 20.0. The summed E-state index contributed by atoms with van der Waals surface area (Å²) in [7, 11) is 0. The Morgan fingerprint density at radius 1 is 1.29 bits per heavy atom. The third-order valence-electron chi connectivity index (χ3n) is 3.92. The molecule has 1 heterocycles. The number of aryl methyl sites for hydroxylation is 1. The fourth-order valence-corrected chi connectivity index (χ4v) is 2.72. The van der Waals surface area contributed by atoms with Crippen LogP contribution in [0.3, 0.4) is 0 Å². The number of morpholine rings is 1. The van der Waals surface area contributed by atoms with Gasteiger partial charge in [0.2, 0.25) is 0 Å². The van der Waals surface area contributed by atoms with Crippen LogP contribution in [0.1, 0.15) is 26.3 Å². The van der Waals surface area contributed by atoms with Gasteiger partial charge in [-0.2, -0.15) is 0 Å². The zero-order valence-electron chi connectivity index (χ0n) is 15.2. The molecule has 0 bridgehead atoms. The summed E-state index contributed by atoms with van der Waals surface area (Å²) in [6, 6.07) is 7.61. The molecular weight excluding hydrogens is 306 g/mol. The van der Waals surface area contributed by atoms with Crippen LogP contribution in [0.25, 0.3) is 0 Å². The second-order valence-corrected chi connectivity index (χ2v) is 6.85. The van der Waals surface area contributed by atoms with Crippen LogP contribution in [0, 0.1) is 12.8 Å². The van der Waals surface area contributed by atoms with Crippen LogP contribution in [-0.4, -0.2) is 55.9 Å². The van der Waals surface area contributed by atoms with E-state index in [1.54, 1.807) is 6.92 Å². The van der Waals surface area contributed by atoms with Crippen LogP contribution >= 0.6 is 0 Å². The Labute approximate surface area is 144 Å².